The van der Waals surface area contributed by atoms with Gasteiger partial charge >= 0.3 is 0 Å². The quantitative estimate of drug-likeness (QED) is 0.710. The fourth-order valence-corrected chi connectivity index (χ4v) is 2.97. The zero-order valence-corrected chi connectivity index (χ0v) is 13.5. The maximum Gasteiger partial charge on any atom is 0.243 e. The normalized spacial score (nSPS) is 20.1. The Morgan fingerprint density at radius 2 is 2.00 bits per heavy atom. The molecular formula is C17H25N3O3. The Morgan fingerprint density at radius 3 is 2.65 bits per heavy atom. The first kappa shape index (κ1) is 17.3. The number of nitrogens with one attached hydrogen (secondary N) is 2. The molecule has 126 valence electrons. The van der Waals surface area contributed by atoms with E-state index in [-0.39, 0.29) is 30.2 Å². The summed E-state index contributed by atoms with van der Waals surface area (Å²) in [5.41, 5.74) is 6.36. The second-order valence-electron chi connectivity index (χ2n) is 5.76. The number of ether oxygens (including phenoxy) is 1. The Balaban J connectivity index is 1.77. The number of benzene rings is 1. The number of hydrogen-bond acceptors (Lipinski definition) is 4. The van der Waals surface area contributed by atoms with Gasteiger partial charge in [0.1, 0.15) is 5.75 Å². The van der Waals surface area contributed by atoms with Gasteiger partial charge in [-0.15, -0.1) is 0 Å². The molecule has 0 aliphatic heterocycles. The van der Waals surface area contributed by atoms with Gasteiger partial charge in [0.2, 0.25) is 11.8 Å². The fraction of sp³-hybridized carbons (Fsp3) is 0.529. The van der Waals surface area contributed by atoms with Crippen molar-refractivity contribution < 1.29 is 14.3 Å². The molecule has 6 nitrogen and oxygen atoms in total. The highest BCUT2D eigenvalue weighted by atomic mass is 16.5. The lowest BCUT2D eigenvalue weighted by Crippen LogP contribution is -2.39. The molecule has 1 aliphatic carbocycles. The molecule has 2 atom stereocenters. The topological polar surface area (TPSA) is 93.5 Å². The number of amides is 2. The van der Waals surface area contributed by atoms with Crippen LogP contribution in [0.15, 0.2) is 24.3 Å². The van der Waals surface area contributed by atoms with Gasteiger partial charge in [-0.2, -0.15) is 0 Å². The van der Waals surface area contributed by atoms with Crippen LogP contribution in [0.2, 0.25) is 0 Å². The molecule has 4 N–H and O–H groups in total. The molecule has 2 amide bonds. The first-order valence-electron chi connectivity index (χ1n) is 8.14. The predicted octanol–water partition coefficient (Wildman–Crippen LogP) is 1.51. The SMILES string of the molecule is CCOc1ccc(NC(=O)CNC(=O)[C@@H]2CCC[C@@H]2CN)cc1. The van der Waals surface area contributed by atoms with Crippen LogP contribution in [0.25, 0.3) is 0 Å². The molecule has 0 spiro atoms. The van der Waals surface area contributed by atoms with Crippen molar-refractivity contribution in [1.82, 2.24) is 5.32 Å². The van der Waals surface area contributed by atoms with E-state index in [0.717, 1.165) is 25.0 Å². The number of anilines is 1. The molecule has 0 radical (unpaired) electrons. The van der Waals surface area contributed by atoms with Crippen LogP contribution in [0.5, 0.6) is 5.75 Å². The smallest absolute Gasteiger partial charge is 0.243 e. The summed E-state index contributed by atoms with van der Waals surface area (Å²) in [6.07, 6.45) is 2.87. The van der Waals surface area contributed by atoms with Crippen molar-refractivity contribution in [2.24, 2.45) is 17.6 Å². The summed E-state index contributed by atoms with van der Waals surface area (Å²) in [6.45, 7) is 3.01. The van der Waals surface area contributed by atoms with Gasteiger partial charge in [-0.3, -0.25) is 9.59 Å². The maximum atomic E-state index is 12.1. The molecule has 2 rings (SSSR count). The highest BCUT2D eigenvalue weighted by Gasteiger charge is 2.31. The summed E-state index contributed by atoms with van der Waals surface area (Å²) in [4.78, 5) is 24.0. The standard InChI is InChI=1S/C17H25N3O3/c1-2-23-14-8-6-13(7-9-14)20-16(21)11-19-17(22)15-5-3-4-12(15)10-18/h6-9,12,15H,2-5,10-11,18H2,1H3,(H,19,22)(H,20,21)/t12-,15-/m1/s1. The molecule has 1 aliphatic rings. The highest BCUT2D eigenvalue weighted by Crippen LogP contribution is 2.30. The van der Waals surface area contributed by atoms with Crippen molar-refractivity contribution in [1.29, 1.82) is 0 Å². The summed E-state index contributed by atoms with van der Waals surface area (Å²) >= 11 is 0. The van der Waals surface area contributed by atoms with Crippen LogP contribution in [-0.2, 0) is 9.59 Å². The van der Waals surface area contributed by atoms with Gasteiger partial charge in [-0.05, 0) is 56.5 Å². The number of rotatable bonds is 7. The Kier molecular flexibility index (Phi) is 6.40. The van der Waals surface area contributed by atoms with Gasteiger partial charge in [-0.1, -0.05) is 6.42 Å². The lowest BCUT2D eigenvalue weighted by atomic mass is 9.95. The van der Waals surface area contributed by atoms with Crippen LogP contribution >= 0.6 is 0 Å². The van der Waals surface area contributed by atoms with Crippen molar-refractivity contribution in [3.05, 3.63) is 24.3 Å². The molecule has 0 aromatic heterocycles. The third-order valence-corrected chi connectivity index (χ3v) is 4.17. The molecule has 1 saturated carbocycles. The summed E-state index contributed by atoms with van der Waals surface area (Å²) in [7, 11) is 0. The van der Waals surface area contributed by atoms with Crippen LogP contribution in [0.1, 0.15) is 26.2 Å². The summed E-state index contributed by atoms with van der Waals surface area (Å²) < 4.78 is 5.34. The van der Waals surface area contributed by atoms with E-state index in [4.69, 9.17) is 10.5 Å². The fourth-order valence-electron chi connectivity index (χ4n) is 2.97. The first-order valence-corrected chi connectivity index (χ1v) is 8.14. The second-order valence-corrected chi connectivity index (χ2v) is 5.76. The van der Waals surface area contributed by atoms with Crippen LogP contribution < -0.4 is 21.1 Å². The van der Waals surface area contributed by atoms with E-state index in [1.807, 2.05) is 6.92 Å². The van der Waals surface area contributed by atoms with E-state index in [1.54, 1.807) is 24.3 Å². The minimum atomic E-state index is -0.246. The number of carbonyl (C=O) groups excluding carboxylic acids is 2. The zero-order valence-electron chi connectivity index (χ0n) is 13.5. The minimum Gasteiger partial charge on any atom is -0.494 e. The van der Waals surface area contributed by atoms with E-state index in [1.165, 1.54) is 0 Å². The van der Waals surface area contributed by atoms with Crippen LogP contribution in [0, 0.1) is 11.8 Å². The molecule has 0 saturated heterocycles. The van der Waals surface area contributed by atoms with Gasteiger partial charge in [0.25, 0.3) is 0 Å². The molecule has 1 aromatic carbocycles. The van der Waals surface area contributed by atoms with E-state index in [2.05, 4.69) is 10.6 Å². The Hall–Kier alpha value is -2.08. The summed E-state index contributed by atoms with van der Waals surface area (Å²) in [6, 6.07) is 7.13. The lowest BCUT2D eigenvalue weighted by molar-refractivity contribution is -0.128. The first-order chi connectivity index (χ1) is 11.1. The Labute approximate surface area is 136 Å². The van der Waals surface area contributed by atoms with Crippen LogP contribution in [-0.4, -0.2) is 31.5 Å². The molecule has 1 fully saturated rings. The monoisotopic (exact) mass is 319 g/mol. The summed E-state index contributed by atoms with van der Waals surface area (Å²) in [5.74, 6) is 0.625. The molecule has 23 heavy (non-hydrogen) atoms. The van der Waals surface area contributed by atoms with E-state index < -0.39 is 0 Å². The largest absolute Gasteiger partial charge is 0.494 e. The lowest BCUT2D eigenvalue weighted by Gasteiger charge is -2.17. The van der Waals surface area contributed by atoms with E-state index >= 15 is 0 Å². The molecule has 0 heterocycles. The number of hydrogen-bond donors (Lipinski definition) is 3. The number of carbonyl (C=O) groups is 2. The predicted molar refractivity (Wildman–Crippen MR) is 89.1 cm³/mol. The Morgan fingerprint density at radius 1 is 1.26 bits per heavy atom. The third-order valence-electron chi connectivity index (χ3n) is 4.17. The van der Waals surface area contributed by atoms with E-state index in [0.29, 0.717) is 18.8 Å². The van der Waals surface area contributed by atoms with Gasteiger partial charge < -0.3 is 21.1 Å². The number of nitrogens with two attached hydrogens (primary N) is 1. The molecule has 6 heteroatoms. The Bertz CT molecular complexity index is 530. The third kappa shape index (κ3) is 4.96. The van der Waals surface area contributed by atoms with Crippen molar-refractivity contribution >= 4 is 17.5 Å². The van der Waals surface area contributed by atoms with Crippen molar-refractivity contribution in [2.75, 3.05) is 25.0 Å². The van der Waals surface area contributed by atoms with Crippen LogP contribution in [0.4, 0.5) is 5.69 Å². The maximum absolute atomic E-state index is 12.1. The molecule has 0 unspecified atom stereocenters. The van der Waals surface area contributed by atoms with Gasteiger partial charge in [0.05, 0.1) is 13.2 Å². The van der Waals surface area contributed by atoms with E-state index in [9.17, 15) is 9.59 Å². The van der Waals surface area contributed by atoms with Gasteiger partial charge in [0.15, 0.2) is 0 Å². The van der Waals surface area contributed by atoms with Crippen molar-refractivity contribution in [3.8, 4) is 5.75 Å². The average Bonchev–Trinajstić information content (AvgIpc) is 3.03. The molecular weight excluding hydrogens is 294 g/mol. The second kappa shape index (κ2) is 8.53. The highest BCUT2D eigenvalue weighted by molar-refractivity contribution is 5.94. The van der Waals surface area contributed by atoms with Crippen molar-refractivity contribution in [3.63, 3.8) is 0 Å². The minimum absolute atomic E-state index is 0.0279. The zero-order chi connectivity index (χ0) is 16.7. The molecule has 1 aromatic rings. The van der Waals surface area contributed by atoms with Gasteiger partial charge in [-0.25, -0.2) is 0 Å². The summed E-state index contributed by atoms with van der Waals surface area (Å²) in [5, 5.41) is 5.46. The molecule has 0 bridgehead atoms. The van der Waals surface area contributed by atoms with Gasteiger partial charge in [0, 0.05) is 11.6 Å². The van der Waals surface area contributed by atoms with Crippen molar-refractivity contribution in [2.45, 2.75) is 26.2 Å². The average molecular weight is 319 g/mol. The van der Waals surface area contributed by atoms with Crippen LogP contribution in [0.3, 0.4) is 0 Å².